The van der Waals surface area contributed by atoms with Gasteiger partial charge < -0.3 is 9.72 Å². The molecule has 0 amide bonds. The van der Waals surface area contributed by atoms with Gasteiger partial charge in [-0.05, 0) is 31.0 Å². The summed E-state index contributed by atoms with van der Waals surface area (Å²) in [5.74, 6) is 1.92. The summed E-state index contributed by atoms with van der Waals surface area (Å²) in [6.45, 7) is 2.68. The molecular formula is C13H15BrN2O. The predicted octanol–water partition coefficient (Wildman–Crippen LogP) is 3.36. The van der Waals surface area contributed by atoms with Crippen LogP contribution in [0.3, 0.4) is 0 Å². The van der Waals surface area contributed by atoms with Gasteiger partial charge in [-0.25, -0.2) is 4.98 Å². The first-order valence-corrected chi connectivity index (χ1v) is 6.48. The Morgan fingerprint density at radius 3 is 2.88 bits per heavy atom. The molecule has 0 aliphatic carbocycles. The van der Waals surface area contributed by atoms with Crippen LogP contribution in [-0.2, 0) is 12.8 Å². The molecule has 1 aromatic heterocycles. The average Bonchev–Trinajstić information content (AvgIpc) is 2.81. The topological polar surface area (TPSA) is 37.9 Å². The van der Waals surface area contributed by atoms with E-state index >= 15 is 0 Å². The van der Waals surface area contributed by atoms with Crippen molar-refractivity contribution in [2.75, 3.05) is 6.61 Å². The van der Waals surface area contributed by atoms with Gasteiger partial charge in [0.2, 0.25) is 0 Å². The Kier molecular flexibility index (Phi) is 4.20. The third kappa shape index (κ3) is 3.33. The van der Waals surface area contributed by atoms with Gasteiger partial charge in [-0.1, -0.05) is 22.0 Å². The van der Waals surface area contributed by atoms with Gasteiger partial charge >= 0.3 is 0 Å². The third-order valence-corrected chi connectivity index (χ3v) is 3.26. The Hall–Kier alpha value is -1.29. The molecule has 1 heterocycles. The normalized spacial score (nSPS) is 10.5. The van der Waals surface area contributed by atoms with Gasteiger partial charge in [0, 0.05) is 23.3 Å². The highest BCUT2D eigenvalue weighted by atomic mass is 79.9. The molecule has 0 radical (unpaired) electrons. The number of aromatic nitrogens is 2. The minimum Gasteiger partial charge on any atom is -0.494 e. The fourth-order valence-corrected chi connectivity index (χ4v) is 2.23. The van der Waals surface area contributed by atoms with Crippen LogP contribution in [0.25, 0.3) is 0 Å². The molecule has 17 heavy (non-hydrogen) atoms. The van der Waals surface area contributed by atoms with Crippen molar-refractivity contribution in [1.29, 1.82) is 0 Å². The van der Waals surface area contributed by atoms with Gasteiger partial charge in [-0.3, -0.25) is 0 Å². The summed E-state index contributed by atoms with van der Waals surface area (Å²) in [5, 5.41) is 0. The van der Waals surface area contributed by atoms with E-state index in [1.807, 2.05) is 25.3 Å². The molecule has 90 valence electrons. The number of hydrogen-bond donors (Lipinski definition) is 1. The number of halogens is 1. The van der Waals surface area contributed by atoms with Crippen molar-refractivity contribution in [3.8, 4) is 5.75 Å². The molecule has 0 saturated heterocycles. The Labute approximate surface area is 109 Å². The number of aromatic amines is 1. The Bertz CT molecular complexity index is 468. The van der Waals surface area contributed by atoms with E-state index in [-0.39, 0.29) is 0 Å². The van der Waals surface area contributed by atoms with Crippen LogP contribution < -0.4 is 4.74 Å². The first-order valence-electron chi connectivity index (χ1n) is 5.69. The molecule has 2 rings (SSSR count). The van der Waals surface area contributed by atoms with Crippen LogP contribution >= 0.6 is 15.9 Å². The van der Waals surface area contributed by atoms with Gasteiger partial charge in [-0.15, -0.1) is 0 Å². The van der Waals surface area contributed by atoms with Crippen LogP contribution in [0.15, 0.2) is 35.1 Å². The third-order valence-electron chi connectivity index (χ3n) is 2.52. The molecule has 0 aliphatic rings. The van der Waals surface area contributed by atoms with Crippen LogP contribution in [0.4, 0.5) is 0 Å². The molecule has 0 bridgehead atoms. The molecule has 0 unspecified atom stereocenters. The lowest BCUT2D eigenvalue weighted by molar-refractivity contribution is 0.340. The number of nitrogens with one attached hydrogen (secondary N) is 1. The summed E-state index contributed by atoms with van der Waals surface area (Å²) >= 11 is 3.57. The Balaban J connectivity index is 2.01. The number of H-pyrrole nitrogens is 1. The zero-order chi connectivity index (χ0) is 12.1. The zero-order valence-electron chi connectivity index (χ0n) is 9.74. The maximum atomic E-state index is 5.44. The molecule has 1 aromatic carbocycles. The lowest BCUT2D eigenvalue weighted by Gasteiger charge is -2.07. The molecule has 1 N–H and O–H groups in total. The molecule has 0 fully saturated rings. The van der Waals surface area contributed by atoms with Crippen LogP contribution in [0.5, 0.6) is 5.75 Å². The van der Waals surface area contributed by atoms with Crippen molar-refractivity contribution in [3.05, 3.63) is 46.5 Å². The molecule has 2 aromatic rings. The van der Waals surface area contributed by atoms with Crippen molar-refractivity contribution >= 4 is 15.9 Å². The summed E-state index contributed by atoms with van der Waals surface area (Å²) in [6.07, 6.45) is 5.51. The maximum absolute atomic E-state index is 5.44. The second-order valence-electron chi connectivity index (χ2n) is 3.72. The molecule has 0 spiro atoms. The van der Waals surface area contributed by atoms with Crippen molar-refractivity contribution < 1.29 is 4.74 Å². The zero-order valence-corrected chi connectivity index (χ0v) is 11.3. The van der Waals surface area contributed by atoms with Crippen molar-refractivity contribution in [1.82, 2.24) is 9.97 Å². The van der Waals surface area contributed by atoms with Crippen molar-refractivity contribution in [3.63, 3.8) is 0 Å². The summed E-state index contributed by atoms with van der Waals surface area (Å²) in [5.41, 5.74) is 1.27. The lowest BCUT2D eigenvalue weighted by Crippen LogP contribution is -1.96. The number of nitrogens with zero attached hydrogens (tertiary/aromatic N) is 1. The quantitative estimate of drug-likeness (QED) is 0.918. The summed E-state index contributed by atoms with van der Waals surface area (Å²) < 4.78 is 6.54. The van der Waals surface area contributed by atoms with E-state index in [0.717, 1.165) is 28.9 Å². The minimum atomic E-state index is 0.693. The fraction of sp³-hybridized carbons (Fsp3) is 0.308. The van der Waals surface area contributed by atoms with E-state index in [1.54, 1.807) is 6.20 Å². The van der Waals surface area contributed by atoms with Crippen molar-refractivity contribution in [2.24, 2.45) is 0 Å². The average molecular weight is 295 g/mol. The first kappa shape index (κ1) is 12.2. The van der Waals surface area contributed by atoms with Crippen LogP contribution in [0, 0.1) is 0 Å². The smallest absolute Gasteiger partial charge is 0.120 e. The monoisotopic (exact) mass is 294 g/mol. The Morgan fingerprint density at radius 1 is 1.35 bits per heavy atom. The van der Waals surface area contributed by atoms with Crippen LogP contribution in [0.1, 0.15) is 18.3 Å². The van der Waals surface area contributed by atoms with Gasteiger partial charge in [0.05, 0.1) is 6.61 Å². The van der Waals surface area contributed by atoms with E-state index in [2.05, 4.69) is 32.0 Å². The van der Waals surface area contributed by atoms with E-state index < -0.39 is 0 Å². The molecule has 3 nitrogen and oxygen atoms in total. The fourth-order valence-electron chi connectivity index (χ4n) is 1.67. The van der Waals surface area contributed by atoms with Gasteiger partial charge in [0.25, 0.3) is 0 Å². The van der Waals surface area contributed by atoms with Gasteiger partial charge in [0.1, 0.15) is 11.6 Å². The van der Waals surface area contributed by atoms with Crippen molar-refractivity contribution in [2.45, 2.75) is 19.8 Å². The SMILES string of the molecule is CCOc1ccc(CCc2ncc[nH]2)c(Br)c1. The standard InChI is InChI=1S/C13H15BrN2O/c1-2-17-11-5-3-10(12(14)9-11)4-6-13-15-7-8-16-13/h3,5,7-9H,2,4,6H2,1H3,(H,15,16). The largest absolute Gasteiger partial charge is 0.494 e. The van der Waals surface area contributed by atoms with E-state index in [0.29, 0.717) is 6.61 Å². The minimum absolute atomic E-state index is 0.693. The van der Waals surface area contributed by atoms with E-state index in [1.165, 1.54) is 5.56 Å². The molecular weight excluding hydrogens is 280 g/mol. The van der Waals surface area contributed by atoms with Gasteiger partial charge in [-0.2, -0.15) is 0 Å². The second-order valence-corrected chi connectivity index (χ2v) is 4.58. The highest BCUT2D eigenvalue weighted by Gasteiger charge is 2.03. The molecule has 0 aliphatic heterocycles. The number of aryl methyl sites for hydroxylation is 2. The highest BCUT2D eigenvalue weighted by Crippen LogP contribution is 2.24. The summed E-state index contributed by atoms with van der Waals surface area (Å²) in [7, 11) is 0. The molecule has 4 heteroatoms. The Morgan fingerprint density at radius 2 is 2.24 bits per heavy atom. The molecule has 0 saturated carbocycles. The highest BCUT2D eigenvalue weighted by molar-refractivity contribution is 9.10. The summed E-state index contributed by atoms with van der Waals surface area (Å²) in [6, 6.07) is 6.12. The number of hydrogen-bond acceptors (Lipinski definition) is 2. The van der Waals surface area contributed by atoms with Crippen LogP contribution in [-0.4, -0.2) is 16.6 Å². The number of benzene rings is 1. The molecule has 0 atom stereocenters. The second kappa shape index (κ2) is 5.87. The summed E-state index contributed by atoms with van der Waals surface area (Å²) in [4.78, 5) is 7.32. The van der Waals surface area contributed by atoms with Gasteiger partial charge in [0.15, 0.2) is 0 Å². The maximum Gasteiger partial charge on any atom is 0.120 e. The number of ether oxygens (including phenoxy) is 1. The number of imidazole rings is 1. The number of rotatable bonds is 5. The predicted molar refractivity (Wildman–Crippen MR) is 71.3 cm³/mol. The first-order chi connectivity index (χ1) is 8.29. The lowest BCUT2D eigenvalue weighted by atomic mass is 10.1. The van der Waals surface area contributed by atoms with E-state index in [9.17, 15) is 0 Å². The van der Waals surface area contributed by atoms with Crippen LogP contribution in [0.2, 0.25) is 0 Å². The van der Waals surface area contributed by atoms with E-state index in [4.69, 9.17) is 4.74 Å².